The summed E-state index contributed by atoms with van der Waals surface area (Å²) >= 11 is -1.69. The van der Waals surface area contributed by atoms with E-state index in [-0.39, 0.29) is 20.6 Å². The number of carbonyl (C=O) groups excluding carboxylic acids is 1. The lowest BCUT2D eigenvalue weighted by atomic mass is 10.0. The van der Waals surface area contributed by atoms with Crippen LogP contribution in [-0.4, -0.2) is 22.7 Å². The standard InChI is InChI=1S/C25H42INO4/c1-2-3-4-5-6-7-8-9-10-11-12-13-14-15-16-17-18-27-25(30)22-19-21(28)20-23(29)24(22)26-31/h19-20,28-29H,2-18H2,1H3,(H,27,30). The predicted molar refractivity (Wildman–Crippen MR) is 135 cm³/mol. The predicted octanol–water partition coefficient (Wildman–Crippen LogP) is 7.57. The number of hydrogen-bond donors (Lipinski definition) is 3. The number of benzene rings is 1. The Balaban J connectivity index is 1.95. The topological polar surface area (TPSA) is 86.6 Å². The van der Waals surface area contributed by atoms with Gasteiger partial charge in [-0.25, -0.2) is 0 Å². The SMILES string of the molecule is CCCCCCCCCCCCCCCCCCNC(=O)c1cc(O)cc(O)c1I=O. The highest BCUT2D eigenvalue weighted by Crippen LogP contribution is 2.30. The van der Waals surface area contributed by atoms with Crippen LogP contribution in [0.3, 0.4) is 0 Å². The van der Waals surface area contributed by atoms with Crippen LogP contribution in [-0.2, 0) is 3.07 Å². The molecule has 1 rings (SSSR count). The molecule has 3 N–H and O–H groups in total. The van der Waals surface area contributed by atoms with Gasteiger partial charge in [0.1, 0.15) is 15.1 Å². The second-order valence-corrected chi connectivity index (χ2v) is 9.98. The van der Waals surface area contributed by atoms with Gasteiger partial charge in [-0.3, -0.25) is 7.86 Å². The molecule has 0 bridgehead atoms. The van der Waals surface area contributed by atoms with Crippen LogP contribution in [0.15, 0.2) is 12.1 Å². The minimum atomic E-state index is -1.69. The van der Waals surface area contributed by atoms with Crippen LogP contribution >= 0.6 is 21.2 Å². The number of phenols is 2. The summed E-state index contributed by atoms with van der Waals surface area (Å²) in [6.07, 6.45) is 20.9. The van der Waals surface area contributed by atoms with E-state index in [1.807, 2.05) is 0 Å². The summed E-state index contributed by atoms with van der Waals surface area (Å²) in [7, 11) is 0. The Bertz CT molecular complexity index is 636. The zero-order valence-electron chi connectivity index (χ0n) is 19.3. The van der Waals surface area contributed by atoms with E-state index in [2.05, 4.69) is 12.2 Å². The number of rotatable bonds is 19. The lowest BCUT2D eigenvalue weighted by Gasteiger charge is -2.08. The van der Waals surface area contributed by atoms with Gasteiger partial charge in [0.25, 0.3) is 5.91 Å². The van der Waals surface area contributed by atoms with Gasteiger partial charge in [-0.1, -0.05) is 103 Å². The molecular weight excluding hydrogens is 505 g/mol. The number of amides is 1. The molecule has 0 saturated heterocycles. The second-order valence-electron chi connectivity index (χ2n) is 8.46. The first-order valence-electron chi connectivity index (χ1n) is 12.2. The lowest BCUT2D eigenvalue weighted by Crippen LogP contribution is -2.25. The maximum atomic E-state index is 12.2. The van der Waals surface area contributed by atoms with Crippen LogP contribution < -0.4 is 5.32 Å². The minimum Gasteiger partial charge on any atom is -0.508 e. The molecule has 0 aliphatic heterocycles. The summed E-state index contributed by atoms with van der Waals surface area (Å²) in [5.74, 6) is -0.876. The molecular formula is C25H42INO4. The molecule has 5 nitrogen and oxygen atoms in total. The summed E-state index contributed by atoms with van der Waals surface area (Å²) in [4.78, 5) is 12.2. The monoisotopic (exact) mass is 547 g/mol. The van der Waals surface area contributed by atoms with Gasteiger partial charge in [-0.15, -0.1) is 0 Å². The fraction of sp³-hybridized carbons (Fsp3) is 0.720. The van der Waals surface area contributed by atoms with E-state index in [4.69, 9.17) is 0 Å². The van der Waals surface area contributed by atoms with Crippen molar-refractivity contribution in [2.75, 3.05) is 6.54 Å². The van der Waals surface area contributed by atoms with Crippen molar-refractivity contribution in [3.63, 3.8) is 0 Å². The van der Waals surface area contributed by atoms with Crippen LogP contribution in [0.4, 0.5) is 0 Å². The van der Waals surface area contributed by atoms with Gasteiger partial charge in [0.05, 0.1) is 5.56 Å². The van der Waals surface area contributed by atoms with Crippen molar-refractivity contribution in [1.82, 2.24) is 5.32 Å². The Labute approximate surface area is 199 Å². The maximum Gasteiger partial charge on any atom is 0.252 e. The lowest BCUT2D eigenvalue weighted by molar-refractivity contribution is 0.0951. The van der Waals surface area contributed by atoms with Crippen molar-refractivity contribution < 1.29 is 18.1 Å². The Morgan fingerprint density at radius 1 is 0.774 bits per heavy atom. The van der Waals surface area contributed by atoms with E-state index in [1.165, 1.54) is 96.0 Å². The molecule has 31 heavy (non-hydrogen) atoms. The van der Waals surface area contributed by atoms with Crippen LogP contribution in [0.5, 0.6) is 11.5 Å². The molecule has 0 spiro atoms. The third-order valence-electron chi connectivity index (χ3n) is 5.68. The van der Waals surface area contributed by atoms with Gasteiger partial charge in [-0.05, 0) is 12.5 Å². The average molecular weight is 548 g/mol. The number of nitrogens with one attached hydrogen (secondary N) is 1. The first-order valence-corrected chi connectivity index (χ1v) is 14.2. The molecule has 0 saturated carbocycles. The Morgan fingerprint density at radius 3 is 1.68 bits per heavy atom. The van der Waals surface area contributed by atoms with E-state index in [9.17, 15) is 18.1 Å². The van der Waals surface area contributed by atoms with Crippen molar-refractivity contribution in [3.05, 3.63) is 21.3 Å². The van der Waals surface area contributed by atoms with E-state index >= 15 is 0 Å². The summed E-state index contributed by atoms with van der Waals surface area (Å²) in [6, 6.07) is 2.37. The van der Waals surface area contributed by atoms with Crippen LogP contribution in [0.2, 0.25) is 0 Å². The highest BCUT2D eigenvalue weighted by atomic mass is 127. The quantitative estimate of drug-likeness (QED) is 0.123. The average Bonchev–Trinajstić information content (AvgIpc) is 2.75. The largest absolute Gasteiger partial charge is 0.508 e. The third-order valence-corrected chi connectivity index (χ3v) is 7.25. The molecule has 0 radical (unpaired) electrons. The van der Waals surface area contributed by atoms with Gasteiger partial charge in [-0.2, -0.15) is 0 Å². The fourth-order valence-corrected chi connectivity index (χ4v) is 4.83. The normalized spacial score (nSPS) is 11.0. The molecule has 0 fully saturated rings. The minimum absolute atomic E-state index is 0.108. The zero-order chi connectivity index (χ0) is 22.7. The number of carbonyl (C=O) groups is 1. The van der Waals surface area contributed by atoms with Crippen LogP contribution in [0, 0.1) is 3.57 Å². The van der Waals surface area contributed by atoms with Crippen molar-refractivity contribution in [3.8, 4) is 11.5 Å². The number of phenolic OH excluding ortho intramolecular Hbond substituents is 2. The number of halogens is 1. The van der Waals surface area contributed by atoms with Crippen LogP contribution in [0.1, 0.15) is 120 Å². The van der Waals surface area contributed by atoms with E-state index < -0.39 is 27.1 Å². The maximum absolute atomic E-state index is 12.2. The van der Waals surface area contributed by atoms with E-state index in [0.29, 0.717) is 6.54 Å². The van der Waals surface area contributed by atoms with Crippen molar-refractivity contribution >= 4 is 27.1 Å². The smallest absolute Gasteiger partial charge is 0.252 e. The molecule has 1 aromatic carbocycles. The first kappa shape index (κ1) is 27.9. The van der Waals surface area contributed by atoms with Crippen molar-refractivity contribution in [2.24, 2.45) is 0 Å². The summed E-state index contributed by atoms with van der Waals surface area (Å²) in [5, 5.41) is 22.1. The summed E-state index contributed by atoms with van der Waals surface area (Å²) < 4.78 is 11.5. The van der Waals surface area contributed by atoms with Crippen molar-refractivity contribution in [2.45, 2.75) is 110 Å². The second kappa shape index (κ2) is 18.4. The number of aromatic hydroxyl groups is 2. The van der Waals surface area contributed by atoms with Gasteiger partial charge in [0.2, 0.25) is 0 Å². The Kier molecular flexibility index (Phi) is 16.5. The Morgan fingerprint density at radius 2 is 1.23 bits per heavy atom. The Hall–Kier alpha value is -1.18. The molecule has 0 aromatic heterocycles. The molecule has 0 atom stereocenters. The molecule has 1 aromatic rings. The van der Waals surface area contributed by atoms with E-state index in [0.717, 1.165) is 18.9 Å². The molecule has 178 valence electrons. The fourth-order valence-electron chi connectivity index (χ4n) is 3.81. The molecule has 0 aliphatic rings. The molecule has 0 unspecified atom stereocenters. The third kappa shape index (κ3) is 13.1. The summed E-state index contributed by atoms with van der Waals surface area (Å²) in [6.45, 7) is 2.81. The van der Waals surface area contributed by atoms with Gasteiger partial charge < -0.3 is 15.5 Å². The molecule has 0 heterocycles. The van der Waals surface area contributed by atoms with Gasteiger partial charge in [0, 0.05) is 12.6 Å². The first-order chi connectivity index (χ1) is 15.1. The number of unbranched alkanes of at least 4 members (excludes halogenated alkanes) is 15. The molecule has 6 heteroatoms. The van der Waals surface area contributed by atoms with Gasteiger partial charge >= 0.3 is 0 Å². The van der Waals surface area contributed by atoms with Gasteiger partial charge in [0.15, 0.2) is 21.2 Å². The zero-order valence-corrected chi connectivity index (χ0v) is 21.4. The molecule has 1 amide bonds. The summed E-state index contributed by atoms with van der Waals surface area (Å²) in [5.41, 5.74) is 0.108. The van der Waals surface area contributed by atoms with Crippen molar-refractivity contribution in [1.29, 1.82) is 0 Å². The number of hydrogen-bond acceptors (Lipinski definition) is 4. The highest BCUT2D eigenvalue weighted by Gasteiger charge is 2.16. The highest BCUT2D eigenvalue weighted by molar-refractivity contribution is 14.1. The van der Waals surface area contributed by atoms with Crippen LogP contribution in [0.25, 0.3) is 0 Å². The molecule has 0 aliphatic carbocycles. The van der Waals surface area contributed by atoms with E-state index in [1.54, 1.807) is 0 Å².